The van der Waals surface area contributed by atoms with Gasteiger partial charge < -0.3 is 4.74 Å². The summed E-state index contributed by atoms with van der Waals surface area (Å²) in [5.74, 6) is 0. The van der Waals surface area contributed by atoms with Gasteiger partial charge in [-0.3, -0.25) is 10.1 Å². The summed E-state index contributed by atoms with van der Waals surface area (Å²) in [7, 11) is 1.54. The molecule has 0 saturated carbocycles. The second kappa shape index (κ2) is 6.79. The summed E-state index contributed by atoms with van der Waals surface area (Å²) < 4.78 is 4.76. The van der Waals surface area contributed by atoms with E-state index in [1.54, 1.807) is 6.08 Å². The predicted octanol–water partition coefficient (Wildman–Crippen LogP) is 1.98. The van der Waals surface area contributed by atoms with E-state index in [0.717, 1.165) is 12.8 Å². The van der Waals surface area contributed by atoms with Crippen molar-refractivity contribution in [3.05, 3.63) is 21.9 Å². The van der Waals surface area contributed by atoms with Crippen LogP contribution in [0.5, 0.6) is 0 Å². The van der Waals surface area contributed by atoms with Crippen molar-refractivity contribution in [2.45, 2.75) is 26.2 Å². The summed E-state index contributed by atoms with van der Waals surface area (Å²) in [5.41, 5.74) is 0.263. The van der Waals surface area contributed by atoms with E-state index in [1.165, 1.54) is 7.11 Å². The molecule has 0 aliphatic rings. The van der Waals surface area contributed by atoms with Crippen molar-refractivity contribution in [1.82, 2.24) is 0 Å². The van der Waals surface area contributed by atoms with E-state index in [4.69, 9.17) is 4.74 Å². The molecule has 0 N–H and O–H groups in total. The molecule has 0 aliphatic heterocycles. The highest BCUT2D eigenvalue weighted by molar-refractivity contribution is 4.91. The van der Waals surface area contributed by atoms with Gasteiger partial charge in [0.15, 0.2) is 0 Å². The average Bonchev–Trinajstić information content (AvgIpc) is 2.04. The number of methoxy groups -OCH3 is 1. The molecule has 0 heterocycles. The molecular formula is C8H15NO3. The van der Waals surface area contributed by atoms with Crippen LogP contribution in [0.15, 0.2) is 11.8 Å². The fourth-order valence-electron chi connectivity index (χ4n) is 0.785. The number of hydrogen-bond acceptors (Lipinski definition) is 3. The molecule has 0 rings (SSSR count). The van der Waals surface area contributed by atoms with Crippen LogP contribution in [0.1, 0.15) is 26.2 Å². The minimum absolute atomic E-state index is 0.263. The van der Waals surface area contributed by atoms with Crippen molar-refractivity contribution in [1.29, 1.82) is 0 Å². The van der Waals surface area contributed by atoms with Crippen LogP contribution in [-0.2, 0) is 4.74 Å². The van der Waals surface area contributed by atoms with Crippen LogP contribution in [0.25, 0.3) is 0 Å². The number of nitro groups is 1. The third-order valence-corrected chi connectivity index (χ3v) is 1.47. The van der Waals surface area contributed by atoms with E-state index >= 15 is 0 Å². The van der Waals surface area contributed by atoms with Crippen molar-refractivity contribution in [2.24, 2.45) is 0 Å². The molecule has 0 fully saturated rings. The van der Waals surface area contributed by atoms with Crippen molar-refractivity contribution >= 4 is 0 Å². The van der Waals surface area contributed by atoms with Gasteiger partial charge in [0.05, 0.1) is 18.0 Å². The lowest BCUT2D eigenvalue weighted by Gasteiger charge is -1.96. The maximum absolute atomic E-state index is 10.4. The van der Waals surface area contributed by atoms with Crippen LogP contribution in [0.4, 0.5) is 0 Å². The highest BCUT2D eigenvalue weighted by atomic mass is 16.6. The van der Waals surface area contributed by atoms with Crippen molar-refractivity contribution in [2.75, 3.05) is 13.7 Å². The quantitative estimate of drug-likeness (QED) is 0.456. The molecule has 0 unspecified atom stereocenters. The van der Waals surface area contributed by atoms with Crippen LogP contribution in [0, 0.1) is 10.1 Å². The normalized spacial score (nSPS) is 11.7. The number of ether oxygens (including phenoxy) is 1. The van der Waals surface area contributed by atoms with Gasteiger partial charge >= 0.3 is 0 Å². The topological polar surface area (TPSA) is 52.4 Å². The second-order valence-electron chi connectivity index (χ2n) is 2.48. The van der Waals surface area contributed by atoms with E-state index in [-0.39, 0.29) is 10.6 Å². The van der Waals surface area contributed by atoms with Crippen LogP contribution >= 0.6 is 0 Å². The maximum Gasteiger partial charge on any atom is 0.244 e. The smallest absolute Gasteiger partial charge is 0.244 e. The molecule has 0 spiro atoms. The summed E-state index contributed by atoms with van der Waals surface area (Å²) in [6, 6.07) is 0. The molecule has 4 nitrogen and oxygen atoms in total. The lowest BCUT2D eigenvalue weighted by atomic mass is 10.2. The predicted molar refractivity (Wildman–Crippen MR) is 46.5 cm³/mol. The number of rotatable bonds is 6. The molecule has 0 atom stereocenters. The molecule has 0 radical (unpaired) electrons. The third-order valence-electron chi connectivity index (χ3n) is 1.47. The first-order valence-electron chi connectivity index (χ1n) is 4.04. The van der Waals surface area contributed by atoms with Gasteiger partial charge in [-0.15, -0.1) is 0 Å². The highest BCUT2D eigenvalue weighted by Gasteiger charge is 2.08. The Morgan fingerprint density at radius 2 is 2.33 bits per heavy atom. The third kappa shape index (κ3) is 4.85. The monoisotopic (exact) mass is 173 g/mol. The van der Waals surface area contributed by atoms with Crippen molar-refractivity contribution < 1.29 is 9.66 Å². The molecule has 0 aromatic rings. The van der Waals surface area contributed by atoms with Gasteiger partial charge in [-0.2, -0.15) is 0 Å². The lowest BCUT2D eigenvalue weighted by molar-refractivity contribution is -0.428. The van der Waals surface area contributed by atoms with E-state index in [2.05, 4.69) is 0 Å². The van der Waals surface area contributed by atoms with E-state index in [0.29, 0.717) is 13.0 Å². The summed E-state index contributed by atoms with van der Waals surface area (Å²) in [6.07, 6.45) is 3.76. The molecule has 70 valence electrons. The van der Waals surface area contributed by atoms with E-state index < -0.39 is 0 Å². The summed E-state index contributed by atoms with van der Waals surface area (Å²) in [5, 5.41) is 10.4. The molecule has 0 aromatic carbocycles. The van der Waals surface area contributed by atoms with Crippen LogP contribution in [0.2, 0.25) is 0 Å². The van der Waals surface area contributed by atoms with Gasteiger partial charge in [0, 0.05) is 7.11 Å². The largest absolute Gasteiger partial charge is 0.384 e. The first-order valence-corrected chi connectivity index (χ1v) is 4.04. The Bertz CT molecular complexity index is 166. The van der Waals surface area contributed by atoms with Crippen molar-refractivity contribution in [3.8, 4) is 0 Å². The Hall–Kier alpha value is -0.900. The highest BCUT2D eigenvalue weighted by Crippen LogP contribution is 2.04. The van der Waals surface area contributed by atoms with E-state index in [1.807, 2.05) is 6.92 Å². The molecule has 0 saturated heterocycles. The van der Waals surface area contributed by atoms with Gasteiger partial charge in [0.2, 0.25) is 5.70 Å². The van der Waals surface area contributed by atoms with Crippen LogP contribution in [-0.4, -0.2) is 18.6 Å². The Morgan fingerprint density at radius 1 is 1.67 bits per heavy atom. The van der Waals surface area contributed by atoms with Gasteiger partial charge in [0.25, 0.3) is 0 Å². The lowest BCUT2D eigenvalue weighted by Crippen LogP contribution is -2.02. The molecule has 0 aliphatic carbocycles. The Labute approximate surface area is 72.4 Å². The van der Waals surface area contributed by atoms with Crippen molar-refractivity contribution in [3.63, 3.8) is 0 Å². The average molecular weight is 173 g/mol. The van der Waals surface area contributed by atoms with Gasteiger partial charge in [-0.1, -0.05) is 13.3 Å². The van der Waals surface area contributed by atoms with Gasteiger partial charge in [0.1, 0.15) is 0 Å². The summed E-state index contributed by atoms with van der Waals surface area (Å²) in [6.45, 7) is 2.40. The number of nitrogens with zero attached hydrogens (tertiary/aromatic N) is 1. The number of allylic oxidation sites excluding steroid dienone is 1. The Kier molecular flexibility index (Phi) is 6.28. The molecule has 12 heavy (non-hydrogen) atoms. The maximum atomic E-state index is 10.4. The minimum Gasteiger partial charge on any atom is -0.384 e. The first-order chi connectivity index (χ1) is 5.72. The summed E-state index contributed by atoms with van der Waals surface area (Å²) >= 11 is 0. The number of hydrogen-bond donors (Lipinski definition) is 0. The second-order valence-corrected chi connectivity index (χ2v) is 2.48. The molecule has 0 amide bonds. The minimum atomic E-state index is -0.339. The molecule has 0 bridgehead atoms. The van der Waals surface area contributed by atoms with Gasteiger partial charge in [-0.05, 0) is 12.5 Å². The van der Waals surface area contributed by atoms with Crippen LogP contribution < -0.4 is 0 Å². The summed E-state index contributed by atoms with van der Waals surface area (Å²) in [4.78, 5) is 10.1. The zero-order chi connectivity index (χ0) is 9.40. The standard InChI is InChI=1S/C8H15NO3/c1-3-4-5-8(9(10)11)6-7-12-2/h5H,3-4,6-7H2,1-2H3. The fraction of sp³-hybridized carbons (Fsp3) is 0.750. The number of unbranched alkanes of at least 4 members (excludes halogenated alkanes) is 1. The molecule has 4 heteroatoms. The SMILES string of the molecule is CCCC=C(CCOC)[N+](=O)[O-]. The van der Waals surface area contributed by atoms with Gasteiger partial charge in [-0.25, -0.2) is 0 Å². The molecule has 0 aromatic heterocycles. The zero-order valence-corrected chi connectivity index (χ0v) is 7.58. The van der Waals surface area contributed by atoms with E-state index in [9.17, 15) is 10.1 Å². The fourth-order valence-corrected chi connectivity index (χ4v) is 0.785. The Morgan fingerprint density at radius 3 is 2.75 bits per heavy atom. The first kappa shape index (κ1) is 11.1. The Balaban J connectivity index is 3.94. The molecular weight excluding hydrogens is 158 g/mol. The zero-order valence-electron chi connectivity index (χ0n) is 7.58. The van der Waals surface area contributed by atoms with Crippen LogP contribution in [0.3, 0.4) is 0 Å².